The van der Waals surface area contributed by atoms with Crippen molar-refractivity contribution in [2.75, 3.05) is 18.8 Å². The molecule has 3 rings (SSSR count). The van der Waals surface area contributed by atoms with Crippen LogP contribution < -0.4 is 0 Å². The molecule has 0 spiro atoms. The largest absolute Gasteiger partial charge is 0.372 e. The number of nitrogens with zero attached hydrogens (tertiary/aromatic N) is 1. The number of morpholine rings is 1. The molecule has 1 fully saturated rings. The van der Waals surface area contributed by atoms with Crippen molar-refractivity contribution in [3.8, 4) is 0 Å². The van der Waals surface area contributed by atoms with Crippen molar-refractivity contribution in [1.82, 2.24) is 4.90 Å². The zero-order valence-electron chi connectivity index (χ0n) is 13.7. The van der Waals surface area contributed by atoms with E-state index in [9.17, 15) is 4.79 Å². The van der Waals surface area contributed by atoms with E-state index in [1.54, 1.807) is 11.8 Å². The first kappa shape index (κ1) is 16.3. The molecule has 2 aromatic carbocycles. The lowest BCUT2D eigenvalue weighted by Gasteiger charge is -2.35. The number of fused-ring (bicyclic) bond motifs is 1. The molecule has 0 radical (unpaired) electrons. The molecule has 23 heavy (non-hydrogen) atoms. The highest BCUT2D eigenvalue weighted by Crippen LogP contribution is 2.23. The van der Waals surface area contributed by atoms with Crippen LogP contribution in [0.3, 0.4) is 0 Å². The summed E-state index contributed by atoms with van der Waals surface area (Å²) in [6, 6.07) is 14.8. The Bertz CT molecular complexity index is 673. The van der Waals surface area contributed by atoms with Crippen LogP contribution in [0.4, 0.5) is 0 Å². The fourth-order valence-electron chi connectivity index (χ4n) is 3.14. The first-order valence-electron chi connectivity index (χ1n) is 8.11. The molecule has 0 aromatic heterocycles. The van der Waals surface area contributed by atoms with Gasteiger partial charge in [-0.1, -0.05) is 42.5 Å². The molecule has 122 valence electrons. The first-order valence-corrected chi connectivity index (χ1v) is 9.26. The Balaban J connectivity index is 1.57. The summed E-state index contributed by atoms with van der Waals surface area (Å²) in [4.78, 5) is 14.3. The van der Waals surface area contributed by atoms with Crippen LogP contribution in [0.25, 0.3) is 10.8 Å². The summed E-state index contributed by atoms with van der Waals surface area (Å²) in [5.74, 6) is 1.61. The van der Waals surface area contributed by atoms with Crippen LogP contribution in [-0.2, 0) is 15.3 Å². The zero-order chi connectivity index (χ0) is 16.2. The normalized spacial score (nSPS) is 21.6. The van der Waals surface area contributed by atoms with Gasteiger partial charge in [0.15, 0.2) is 0 Å². The van der Waals surface area contributed by atoms with E-state index in [2.05, 4.69) is 42.5 Å². The standard InChI is InChI=1S/C19H23NO2S/c1-14-10-20(11-15(2)22-14)19(21)13-23-12-17-8-5-7-16-6-3-4-9-18(16)17/h3-9,14-15H,10-13H2,1-2H3. The van der Waals surface area contributed by atoms with Gasteiger partial charge in [0, 0.05) is 18.8 Å². The number of thioether (sulfide) groups is 1. The summed E-state index contributed by atoms with van der Waals surface area (Å²) in [7, 11) is 0. The van der Waals surface area contributed by atoms with Gasteiger partial charge < -0.3 is 9.64 Å². The second kappa shape index (κ2) is 7.37. The summed E-state index contributed by atoms with van der Waals surface area (Å²) < 4.78 is 5.69. The number of ether oxygens (including phenoxy) is 1. The Morgan fingerprint density at radius 1 is 1.13 bits per heavy atom. The van der Waals surface area contributed by atoms with Crippen molar-refractivity contribution in [1.29, 1.82) is 0 Å². The van der Waals surface area contributed by atoms with Gasteiger partial charge in [-0.15, -0.1) is 11.8 Å². The maximum atomic E-state index is 12.4. The second-order valence-corrected chi connectivity index (χ2v) is 7.17. The fourth-order valence-corrected chi connectivity index (χ4v) is 4.07. The van der Waals surface area contributed by atoms with E-state index in [-0.39, 0.29) is 18.1 Å². The minimum atomic E-state index is 0.130. The van der Waals surface area contributed by atoms with Crippen molar-refractivity contribution in [3.63, 3.8) is 0 Å². The van der Waals surface area contributed by atoms with Gasteiger partial charge in [0.25, 0.3) is 0 Å². The summed E-state index contributed by atoms with van der Waals surface area (Å²) in [6.07, 6.45) is 0.261. The SMILES string of the molecule is CC1CN(C(=O)CSCc2cccc3ccccc23)CC(C)O1. The van der Waals surface area contributed by atoms with Gasteiger partial charge in [0.1, 0.15) is 0 Å². The van der Waals surface area contributed by atoms with E-state index in [0.717, 1.165) is 5.75 Å². The van der Waals surface area contributed by atoms with E-state index in [4.69, 9.17) is 4.74 Å². The zero-order valence-corrected chi connectivity index (χ0v) is 14.5. The lowest BCUT2D eigenvalue weighted by Crippen LogP contribution is -2.48. The smallest absolute Gasteiger partial charge is 0.232 e. The Morgan fingerprint density at radius 3 is 2.61 bits per heavy atom. The molecule has 0 N–H and O–H groups in total. The number of benzene rings is 2. The van der Waals surface area contributed by atoms with Crippen LogP contribution in [0.1, 0.15) is 19.4 Å². The van der Waals surface area contributed by atoms with Gasteiger partial charge in [0.05, 0.1) is 18.0 Å². The van der Waals surface area contributed by atoms with Gasteiger partial charge in [0.2, 0.25) is 5.91 Å². The third-order valence-corrected chi connectivity index (χ3v) is 5.10. The van der Waals surface area contributed by atoms with Crippen LogP contribution >= 0.6 is 11.8 Å². The van der Waals surface area contributed by atoms with Crippen molar-refractivity contribution in [2.24, 2.45) is 0 Å². The highest BCUT2D eigenvalue weighted by Gasteiger charge is 2.25. The molecule has 4 heteroatoms. The maximum absolute atomic E-state index is 12.4. The molecule has 2 unspecified atom stereocenters. The molecule has 0 saturated carbocycles. The van der Waals surface area contributed by atoms with E-state index in [1.807, 2.05) is 18.7 Å². The second-order valence-electron chi connectivity index (χ2n) is 6.19. The van der Waals surface area contributed by atoms with Crippen LogP contribution in [-0.4, -0.2) is 41.9 Å². The van der Waals surface area contributed by atoms with Crippen LogP contribution in [0.2, 0.25) is 0 Å². The highest BCUT2D eigenvalue weighted by atomic mass is 32.2. The van der Waals surface area contributed by atoms with Gasteiger partial charge in [-0.05, 0) is 30.2 Å². The summed E-state index contributed by atoms with van der Waals surface area (Å²) in [5.41, 5.74) is 1.30. The molecule has 1 saturated heterocycles. The maximum Gasteiger partial charge on any atom is 0.232 e. The topological polar surface area (TPSA) is 29.5 Å². The average molecular weight is 329 g/mol. The number of hydrogen-bond donors (Lipinski definition) is 0. The Hall–Kier alpha value is -1.52. The number of amides is 1. The van der Waals surface area contributed by atoms with Crippen molar-refractivity contribution >= 4 is 28.4 Å². The molecule has 1 aliphatic heterocycles. The van der Waals surface area contributed by atoms with E-state index in [1.165, 1.54) is 16.3 Å². The molecule has 2 aromatic rings. The Morgan fingerprint density at radius 2 is 1.83 bits per heavy atom. The molecule has 0 aliphatic carbocycles. The molecule has 2 atom stereocenters. The summed E-state index contributed by atoms with van der Waals surface area (Å²) >= 11 is 1.69. The molecule has 3 nitrogen and oxygen atoms in total. The average Bonchev–Trinajstić information content (AvgIpc) is 2.54. The van der Waals surface area contributed by atoms with Crippen LogP contribution in [0.15, 0.2) is 42.5 Å². The molecular formula is C19H23NO2S. The van der Waals surface area contributed by atoms with Gasteiger partial charge in [-0.3, -0.25) is 4.79 Å². The van der Waals surface area contributed by atoms with Gasteiger partial charge in [-0.25, -0.2) is 0 Å². The Kier molecular flexibility index (Phi) is 5.23. The van der Waals surface area contributed by atoms with Gasteiger partial charge in [-0.2, -0.15) is 0 Å². The predicted molar refractivity (Wildman–Crippen MR) is 96.7 cm³/mol. The summed E-state index contributed by atoms with van der Waals surface area (Å²) in [6.45, 7) is 5.47. The van der Waals surface area contributed by atoms with Crippen molar-refractivity contribution < 1.29 is 9.53 Å². The number of carbonyl (C=O) groups excluding carboxylic acids is 1. The van der Waals surface area contributed by atoms with Crippen molar-refractivity contribution in [3.05, 3.63) is 48.0 Å². The molecule has 1 amide bonds. The molecule has 1 aliphatic rings. The van der Waals surface area contributed by atoms with Gasteiger partial charge >= 0.3 is 0 Å². The third kappa shape index (κ3) is 4.06. The molecule has 1 heterocycles. The molecule has 0 bridgehead atoms. The third-order valence-electron chi connectivity index (χ3n) is 4.14. The quantitative estimate of drug-likeness (QED) is 0.856. The predicted octanol–water partition coefficient (Wildman–Crippen LogP) is 3.71. The number of hydrogen-bond acceptors (Lipinski definition) is 3. The highest BCUT2D eigenvalue weighted by molar-refractivity contribution is 7.99. The lowest BCUT2D eigenvalue weighted by atomic mass is 10.1. The lowest BCUT2D eigenvalue weighted by molar-refractivity contribution is -0.140. The number of carbonyl (C=O) groups is 1. The summed E-state index contributed by atoms with van der Waals surface area (Å²) in [5, 5.41) is 2.54. The van der Waals surface area contributed by atoms with Crippen LogP contribution in [0.5, 0.6) is 0 Å². The van der Waals surface area contributed by atoms with E-state index < -0.39 is 0 Å². The Labute approximate surface area is 142 Å². The number of rotatable bonds is 4. The van der Waals surface area contributed by atoms with Crippen molar-refractivity contribution in [2.45, 2.75) is 31.8 Å². The monoisotopic (exact) mass is 329 g/mol. The fraction of sp³-hybridized carbons (Fsp3) is 0.421. The first-order chi connectivity index (χ1) is 11.1. The van der Waals surface area contributed by atoms with E-state index >= 15 is 0 Å². The van der Waals surface area contributed by atoms with E-state index in [0.29, 0.717) is 18.8 Å². The minimum Gasteiger partial charge on any atom is -0.372 e. The van der Waals surface area contributed by atoms with Crippen LogP contribution in [0, 0.1) is 0 Å². The molecular weight excluding hydrogens is 306 g/mol. The minimum absolute atomic E-state index is 0.130.